The van der Waals surface area contributed by atoms with Gasteiger partial charge in [-0.15, -0.1) is 0 Å². The van der Waals surface area contributed by atoms with E-state index in [1.807, 2.05) is 30.3 Å². The normalized spacial score (nSPS) is 31.7. The van der Waals surface area contributed by atoms with E-state index in [1.165, 1.54) is 0 Å². The van der Waals surface area contributed by atoms with Crippen LogP contribution in [0.15, 0.2) is 30.3 Å². The molecule has 2 aliphatic rings. The maximum Gasteiger partial charge on any atom is 0.215 e. The molecule has 1 aromatic rings. The van der Waals surface area contributed by atoms with Crippen LogP contribution in [0, 0.1) is 0 Å². The van der Waals surface area contributed by atoms with E-state index >= 15 is 0 Å². The van der Waals surface area contributed by atoms with Gasteiger partial charge in [-0.3, -0.25) is 0 Å². The molecule has 116 valence electrons. The van der Waals surface area contributed by atoms with Crippen molar-refractivity contribution in [3.63, 3.8) is 0 Å². The first-order valence-corrected chi connectivity index (χ1v) is 10.5. The van der Waals surface area contributed by atoms with Crippen molar-refractivity contribution in [2.75, 3.05) is 11.5 Å². The summed E-state index contributed by atoms with van der Waals surface area (Å²) >= 11 is 0. The molecule has 3 rings (SSSR count). The van der Waals surface area contributed by atoms with E-state index < -0.39 is 31.2 Å². The molecule has 1 unspecified atom stereocenters. The van der Waals surface area contributed by atoms with Crippen molar-refractivity contribution in [1.82, 2.24) is 4.72 Å². The molecule has 5 nitrogen and oxygen atoms in total. The van der Waals surface area contributed by atoms with Crippen LogP contribution in [-0.2, 0) is 19.9 Å². The molecule has 1 heterocycles. The first-order chi connectivity index (χ1) is 9.87. The first kappa shape index (κ1) is 15.0. The van der Waals surface area contributed by atoms with Gasteiger partial charge in [-0.1, -0.05) is 30.3 Å². The smallest absolute Gasteiger partial charge is 0.215 e. The fourth-order valence-electron chi connectivity index (χ4n) is 3.00. The summed E-state index contributed by atoms with van der Waals surface area (Å²) in [4.78, 5) is 0. The Balaban J connectivity index is 1.66. The summed E-state index contributed by atoms with van der Waals surface area (Å²) < 4.78 is 50.5. The average molecular weight is 329 g/mol. The summed E-state index contributed by atoms with van der Waals surface area (Å²) in [6, 6.07) is 9.11. The van der Waals surface area contributed by atoms with Crippen LogP contribution < -0.4 is 4.72 Å². The molecule has 1 saturated heterocycles. The van der Waals surface area contributed by atoms with E-state index in [9.17, 15) is 16.8 Å². The largest absolute Gasteiger partial charge is 0.229 e. The van der Waals surface area contributed by atoms with Gasteiger partial charge in [0.25, 0.3) is 0 Å². The van der Waals surface area contributed by atoms with Crippen LogP contribution in [0.5, 0.6) is 0 Å². The van der Waals surface area contributed by atoms with Gasteiger partial charge in [-0.05, 0) is 24.8 Å². The van der Waals surface area contributed by atoms with Crippen LogP contribution >= 0.6 is 0 Å². The SMILES string of the molecule is O=S1(=O)CCCC(NS(=O)(=O)[C@@H]2C[C@H]2c2ccccc2)C1. The quantitative estimate of drug-likeness (QED) is 0.895. The fourth-order valence-corrected chi connectivity index (χ4v) is 6.63. The summed E-state index contributed by atoms with van der Waals surface area (Å²) in [6.07, 6.45) is 1.74. The Morgan fingerprint density at radius 1 is 1.14 bits per heavy atom. The molecule has 3 atom stereocenters. The van der Waals surface area contributed by atoms with E-state index in [0.29, 0.717) is 19.3 Å². The molecule has 1 aliphatic heterocycles. The van der Waals surface area contributed by atoms with Crippen LogP contribution in [0.2, 0.25) is 0 Å². The lowest BCUT2D eigenvalue weighted by atomic mass is 10.1. The monoisotopic (exact) mass is 329 g/mol. The maximum absolute atomic E-state index is 12.3. The number of nitrogens with one attached hydrogen (secondary N) is 1. The van der Waals surface area contributed by atoms with Gasteiger partial charge in [0, 0.05) is 12.0 Å². The Bertz CT molecular complexity index is 713. The van der Waals surface area contributed by atoms with Gasteiger partial charge in [-0.25, -0.2) is 21.6 Å². The van der Waals surface area contributed by atoms with Crippen molar-refractivity contribution in [2.24, 2.45) is 0 Å². The Morgan fingerprint density at radius 3 is 2.52 bits per heavy atom. The topological polar surface area (TPSA) is 80.3 Å². The summed E-state index contributed by atoms with van der Waals surface area (Å²) in [7, 11) is -6.55. The molecule has 7 heteroatoms. The lowest BCUT2D eigenvalue weighted by molar-refractivity contribution is 0.516. The zero-order chi connectivity index (χ0) is 15.1. The summed E-state index contributed by atoms with van der Waals surface area (Å²) in [5, 5.41) is -0.426. The number of hydrogen-bond donors (Lipinski definition) is 1. The maximum atomic E-state index is 12.3. The minimum absolute atomic E-state index is 0.0314. The molecule has 1 saturated carbocycles. The lowest BCUT2D eigenvalue weighted by Crippen LogP contribution is -2.44. The van der Waals surface area contributed by atoms with E-state index in [2.05, 4.69) is 4.72 Å². The molecular formula is C14H19NO4S2. The molecular weight excluding hydrogens is 310 g/mol. The summed E-state index contributed by atoms with van der Waals surface area (Å²) in [6.45, 7) is 0. The molecule has 0 bridgehead atoms. The zero-order valence-electron chi connectivity index (χ0n) is 11.6. The lowest BCUT2D eigenvalue weighted by Gasteiger charge is -2.22. The van der Waals surface area contributed by atoms with Crippen LogP contribution in [0.3, 0.4) is 0 Å². The predicted molar refractivity (Wildman–Crippen MR) is 81.3 cm³/mol. The van der Waals surface area contributed by atoms with Crippen molar-refractivity contribution in [3.8, 4) is 0 Å². The van der Waals surface area contributed by atoms with Crippen molar-refractivity contribution < 1.29 is 16.8 Å². The van der Waals surface area contributed by atoms with Crippen LogP contribution in [-0.4, -0.2) is 39.6 Å². The molecule has 0 radical (unpaired) electrons. The van der Waals surface area contributed by atoms with Gasteiger partial charge in [0.15, 0.2) is 9.84 Å². The Kier molecular flexibility index (Phi) is 3.83. The van der Waals surface area contributed by atoms with E-state index in [-0.39, 0.29) is 17.4 Å². The molecule has 1 aliphatic carbocycles. The highest BCUT2D eigenvalue weighted by atomic mass is 32.2. The Morgan fingerprint density at radius 2 is 1.86 bits per heavy atom. The molecule has 0 aromatic heterocycles. The summed E-state index contributed by atoms with van der Waals surface area (Å²) in [5.74, 6) is 0.125. The first-order valence-electron chi connectivity index (χ1n) is 7.14. The van der Waals surface area contributed by atoms with E-state index in [0.717, 1.165) is 5.56 Å². The molecule has 0 spiro atoms. The number of sulfonamides is 1. The van der Waals surface area contributed by atoms with Crippen LogP contribution in [0.4, 0.5) is 0 Å². The van der Waals surface area contributed by atoms with Gasteiger partial charge >= 0.3 is 0 Å². The highest BCUT2D eigenvalue weighted by Crippen LogP contribution is 2.45. The highest BCUT2D eigenvalue weighted by Gasteiger charge is 2.48. The van der Waals surface area contributed by atoms with Gasteiger partial charge in [-0.2, -0.15) is 0 Å². The third kappa shape index (κ3) is 3.46. The third-order valence-corrected chi connectivity index (χ3v) is 7.95. The van der Waals surface area contributed by atoms with Gasteiger partial charge in [0.05, 0.1) is 16.8 Å². The van der Waals surface area contributed by atoms with Gasteiger partial charge in [0.1, 0.15) is 0 Å². The van der Waals surface area contributed by atoms with Gasteiger partial charge < -0.3 is 0 Å². The van der Waals surface area contributed by atoms with Crippen LogP contribution in [0.1, 0.15) is 30.7 Å². The van der Waals surface area contributed by atoms with E-state index in [4.69, 9.17) is 0 Å². The minimum atomic E-state index is -3.45. The van der Waals surface area contributed by atoms with Crippen molar-refractivity contribution >= 4 is 19.9 Å². The minimum Gasteiger partial charge on any atom is -0.229 e. The average Bonchev–Trinajstić information content (AvgIpc) is 3.19. The zero-order valence-corrected chi connectivity index (χ0v) is 13.2. The highest BCUT2D eigenvalue weighted by molar-refractivity contribution is 7.92. The van der Waals surface area contributed by atoms with Crippen molar-refractivity contribution in [1.29, 1.82) is 0 Å². The third-order valence-electron chi connectivity index (χ3n) is 4.15. The second kappa shape index (κ2) is 5.37. The number of sulfone groups is 1. The molecule has 1 N–H and O–H groups in total. The second-order valence-corrected chi connectivity index (χ2v) is 10.1. The van der Waals surface area contributed by atoms with Crippen molar-refractivity contribution in [2.45, 2.75) is 36.5 Å². The number of benzene rings is 1. The molecule has 21 heavy (non-hydrogen) atoms. The van der Waals surface area contributed by atoms with Crippen LogP contribution in [0.25, 0.3) is 0 Å². The fraction of sp³-hybridized carbons (Fsp3) is 0.571. The Labute approximate surface area is 125 Å². The molecule has 1 aromatic carbocycles. The number of hydrogen-bond acceptors (Lipinski definition) is 4. The standard InChI is InChI=1S/C14H19NO4S2/c16-20(17)8-4-7-12(10-20)15-21(18,19)14-9-13(14)11-5-2-1-3-6-11/h1-3,5-6,12-15H,4,7-10H2/t12?,13-,14+/m0/s1. The summed E-state index contributed by atoms with van der Waals surface area (Å²) in [5.41, 5.74) is 1.03. The molecule has 2 fully saturated rings. The Hall–Kier alpha value is -0.920. The van der Waals surface area contributed by atoms with Gasteiger partial charge in [0.2, 0.25) is 10.0 Å². The number of rotatable bonds is 4. The van der Waals surface area contributed by atoms with E-state index in [1.54, 1.807) is 0 Å². The molecule has 0 amide bonds. The predicted octanol–water partition coefficient (Wildman–Crippen LogP) is 1.04. The van der Waals surface area contributed by atoms with Crippen molar-refractivity contribution in [3.05, 3.63) is 35.9 Å². The second-order valence-electron chi connectivity index (χ2n) is 5.91.